The van der Waals surface area contributed by atoms with Gasteiger partial charge in [-0.25, -0.2) is 0 Å². The Kier molecular flexibility index (Phi) is 4.18. The predicted octanol–water partition coefficient (Wildman–Crippen LogP) is 3.39. The third-order valence-electron chi connectivity index (χ3n) is 2.81. The molecule has 0 amide bonds. The Hall–Kier alpha value is -1.32. The maximum Gasteiger partial charge on any atom is 0.118 e. The van der Waals surface area contributed by atoms with Crippen LogP contribution < -0.4 is 10.5 Å². The van der Waals surface area contributed by atoms with Crippen molar-refractivity contribution in [1.82, 2.24) is 0 Å². The normalized spacial score (nSPS) is 12.4. The van der Waals surface area contributed by atoms with Gasteiger partial charge in [-0.2, -0.15) is 0 Å². The fourth-order valence-electron chi connectivity index (χ4n) is 1.76. The zero-order chi connectivity index (χ0) is 12.1. The molecule has 1 aromatic carbocycles. The highest BCUT2D eigenvalue weighted by molar-refractivity contribution is 7.10. The maximum atomic E-state index is 6.13. The van der Waals surface area contributed by atoms with Crippen LogP contribution in [0.3, 0.4) is 0 Å². The molecule has 1 heterocycles. The molecule has 0 bridgehead atoms. The van der Waals surface area contributed by atoms with E-state index in [2.05, 4.69) is 23.6 Å². The first-order valence-corrected chi connectivity index (χ1v) is 6.59. The summed E-state index contributed by atoms with van der Waals surface area (Å²) in [6, 6.07) is 12.5. The summed E-state index contributed by atoms with van der Waals surface area (Å²) in [5.74, 6) is 0.899. The minimum atomic E-state index is 0.150. The number of aryl methyl sites for hydroxylation is 1. The van der Waals surface area contributed by atoms with E-state index in [9.17, 15) is 0 Å². The zero-order valence-electron chi connectivity index (χ0n) is 9.93. The van der Waals surface area contributed by atoms with Crippen molar-refractivity contribution >= 4 is 11.3 Å². The molecular formula is C14H17NOS. The number of ether oxygens (including phenoxy) is 1. The van der Waals surface area contributed by atoms with Crippen molar-refractivity contribution in [2.24, 2.45) is 5.73 Å². The van der Waals surface area contributed by atoms with E-state index < -0.39 is 0 Å². The van der Waals surface area contributed by atoms with Crippen molar-refractivity contribution < 1.29 is 4.74 Å². The van der Waals surface area contributed by atoms with E-state index in [-0.39, 0.29) is 6.04 Å². The van der Waals surface area contributed by atoms with Crippen LogP contribution >= 0.6 is 11.3 Å². The monoisotopic (exact) mass is 247 g/mol. The van der Waals surface area contributed by atoms with Crippen LogP contribution in [-0.4, -0.2) is 7.11 Å². The summed E-state index contributed by atoms with van der Waals surface area (Å²) in [7, 11) is 1.68. The molecule has 2 aromatic rings. The molecule has 0 aliphatic heterocycles. The Balaban J connectivity index is 1.89. The van der Waals surface area contributed by atoms with Crippen LogP contribution in [0.2, 0.25) is 0 Å². The van der Waals surface area contributed by atoms with E-state index in [1.165, 1.54) is 10.4 Å². The number of methoxy groups -OCH3 is 1. The number of benzene rings is 1. The van der Waals surface area contributed by atoms with Gasteiger partial charge in [0.25, 0.3) is 0 Å². The van der Waals surface area contributed by atoms with Crippen LogP contribution in [0.15, 0.2) is 41.8 Å². The maximum absolute atomic E-state index is 6.13. The van der Waals surface area contributed by atoms with Gasteiger partial charge in [-0.1, -0.05) is 18.2 Å². The highest BCUT2D eigenvalue weighted by atomic mass is 32.1. The molecule has 0 fully saturated rings. The van der Waals surface area contributed by atoms with Gasteiger partial charge in [-0.05, 0) is 42.0 Å². The van der Waals surface area contributed by atoms with Gasteiger partial charge in [-0.15, -0.1) is 11.3 Å². The molecule has 0 saturated carbocycles. The quantitative estimate of drug-likeness (QED) is 0.879. The number of hydrogen-bond donors (Lipinski definition) is 1. The molecule has 1 atom stereocenters. The molecule has 0 spiro atoms. The molecule has 17 heavy (non-hydrogen) atoms. The minimum Gasteiger partial charge on any atom is -0.497 e. The first kappa shape index (κ1) is 12.1. The third-order valence-corrected chi connectivity index (χ3v) is 3.82. The molecule has 0 saturated heterocycles. The molecule has 0 aliphatic carbocycles. The number of hydrogen-bond acceptors (Lipinski definition) is 3. The lowest BCUT2D eigenvalue weighted by atomic mass is 10.0. The van der Waals surface area contributed by atoms with Crippen LogP contribution in [-0.2, 0) is 6.42 Å². The molecule has 1 aromatic heterocycles. The summed E-state index contributed by atoms with van der Waals surface area (Å²) in [4.78, 5) is 1.26. The minimum absolute atomic E-state index is 0.150. The van der Waals surface area contributed by atoms with Gasteiger partial charge in [-0.3, -0.25) is 0 Å². The third kappa shape index (κ3) is 3.32. The lowest BCUT2D eigenvalue weighted by Crippen LogP contribution is -2.09. The Morgan fingerprint density at radius 3 is 2.59 bits per heavy atom. The highest BCUT2D eigenvalue weighted by Crippen LogP contribution is 2.21. The molecule has 0 radical (unpaired) electrons. The molecular weight excluding hydrogens is 230 g/mol. The fourth-order valence-corrected chi connectivity index (χ4v) is 2.52. The van der Waals surface area contributed by atoms with E-state index in [0.29, 0.717) is 0 Å². The summed E-state index contributed by atoms with van der Waals surface area (Å²) < 4.78 is 5.13. The average molecular weight is 247 g/mol. The molecule has 2 nitrogen and oxygen atoms in total. The van der Waals surface area contributed by atoms with Crippen LogP contribution in [0.25, 0.3) is 0 Å². The average Bonchev–Trinajstić information content (AvgIpc) is 2.90. The van der Waals surface area contributed by atoms with Crippen molar-refractivity contribution in [1.29, 1.82) is 0 Å². The summed E-state index contributed by atoms with van der Waals surface area (Å²) in [5.41, 5.74) is 7.43. The number of rotatable bonds is 5. The summed E-state index contributed by atoms with van der Waals surface area (Å²) >= 11 is 1.73. The molecule has 0 aliphatic rings. The summed E-state index contributed by atoms with van der Waals surface area (Å²) in [5, 5.41) is 2.07. The standard InChI is InChI=1S/C14H17NOS/c1-16-12-7-4-11(5-8-12)6-9-13(15)14-3-2-10-17-14/h2-5,7-8,10,13H,6,9,15H2,1H3. The van der Waals surface area contributed by atoms with Crippen LogP contribution in [0.1, 0.15) is 22.9 Å². The second kappa shape index (κ2) is 5.84. The van der Waals surface area contributed by atoms with Gasteiger partial charge >= 0.3 is 0 Å². The van der Waals surface area contributed by atoms with Gasteiger partial charge in [0.2, 0.25) is 0 Å². The largest absolute Gasteiger partial charge is 0.497 e. The smallest absolute Gasteiger partial charge is 0.118 e. The topological polar surface area (TPSA) is 35.2 Å². The molecule has 2 N–H and O–H groups in total. The van der Waals surface area contributed by atoms with E-state index in [0.717, 1.165) is 18.6 Å². The number of thiophene rings is 1. The highest BCUT2D eigenvalue weighted by Gasteiger charge is 2.06. The fraction of sp³-hybridized carbons (Fsp3) is 0.286. The summed E-state index contributed by atoms with van der Waals surface area (Å²) in [6.07, 6.45) is 1.98. The molecule has 90 valence electrons. The second-order valence-electron chi connectivity index (χ2n) is 4.01. The Morgan fingerprint density at radius 2 is 2.00 bits per heavy atom. The van der Waals surface area contributed by atoms with Gasteiger partial charge in [0, 0.05) is 10.9 Å². The second-order valence-corrected chi connectivity index (χ2v) is 4.99. The van der Waals surface area contributed by atoms with Crippen LogP contribution in [0.5, 0.6) is 5.75 Å². The van der Waals surface area contributed by atoms with Crippen molar-refractivity contribution in [2.75, 3.05) is 7.11 Å². The van der Waals surface area contributed by atoms with E-state index >= 15 is 0 Å². The van der Waals surface area contributed by atoms with Gasteiger partial charge in [0.05, 0.1) is 7.11 Å². The first-order chi connectivity index (χ1) is 8.29. The van der Waals surface area contributed by atoms with Gasteiger partial charge in [0.1, 0.15) is 5.75 Å². The van der Waals surface area contributed by atoms with Crippen LogP contribution in [0.4, 0.5) is 0 Å². The van der Waals surface area contributed by atoms with Crippen molar-refractivity contribution in [3.05, 3.63) is 52.2 Å². The Morgan fingerprint density at radius 1 is 1.24 bits per heavy atom. The lowest BCUT2D eigenvalue weighted by molar-refractivity contribution is 0.414. The SMILES string of the molecule is COc1ccc(CCC(N)c2cccs2)cc1. The van der Waals surface area contributed by atoms with Gasteiger partial charge in [0.15, 0.2) is 0 Å². The van der Waals surface area contributed by atoms with Crippen LogP contribution in [0, 0.1) is 0 Å². The first-order valence-electron chi connectivity index (χ1n) is 5.71. The van der Waals surface area contributed by atoms with Crippen molar-refractivity contribution in [3.63, 3.8) is 0 Å². The number of nitrogens with two attached hydrogens (primary N) is 1. The van der Waals surface area contributed by atoms with E-state index in [1.807, 2.05) is 18.2 Å². The Bertz CT molecular complexity index is 436. The predicted molar refractivity (Wildman–Crippen MR) is 72.6 cm³/mol. The Labute approximate surface area is 106 Å². The molecule has 2 rings (SSSR count). The van der Waals surface area contributed by atoms with E-state index in [4.69, 9.17) is 10.5 Å². The van der Waals surface area contributed by atoms with Crippen molar-refractivity contribution in [2.45, 2.75) is 18.9 Å². The zero-order valence-corrected chi connectivity index (χ0v) is 10.7. The molecule has 3 heteroatoms. The summed E-state index contributed by atoms with van der Waals surface area (Å²) in [6.45, 7) is 0. The molecule has 1 unspecified atom stereocenters. The van der Waals surface area contributed by atoms with E-state index in [1.54, 1.807) is 18.4 Å². The van der Waals surface area contributed by atoms with Crippen molar-refractivity contribution in [3.8, 4) is 5.75 Å². The lowest BCUT2D eigenvalue weighted by Gasteiger charge is -2.09. The van der Waals surface area contributed by atoms with Gasteiger partial charge < -0.3 is 10.5 Å².